The highest BCUT2D eigenvalue weighted by molar-refractivity contribution is 5.59. The summed E-state index contributed by atoms with van der Waals surface area (Å²) in [6.45, 7) is 8.63. The van der Waals surface area contributed by atoms with E-state index in [4.69, 9.17) is 4.74 Å². The maximum atomic E-state index is 11.4. The fourth-order valence-corrected chi connectivity index (χ4v) is 2.50. The molecule has 0 aromatic heterocycles. The lowest BCUT2D eigenvalue weighted by atomic mass is 9.75. The van der Waals surface area contributed by atoms with E-state index in [9.17, 15) is 4.79 Å². The quantitative estimate of drug-likeness (QED) is 0.431. The highest BCUT2D eigenvalue weighted by Gasteiger charge is 2.33. The molecule has 1 rings (SSSR count). The Hall–Kier alpha value is -0.770. The Kier molecular flexibility index (Phi) is 5.75. The van der Waals surface area contributed by atoms with Crippen molar-refractivity contribution in [2.75, 3.05) is 6.61 Å². The van der Waals surface area contributed by atoms with E-state index >= 15 is 0 Å². The first-order valence-electron chi connectivity index (χ1n) is 6.54. The number of hydrogen-bond acceptors (Lipinski definition) is 4. The minimum Gasteiger partial charge on any atom is -0.429 e. The molecule has 4 heteroatoms. The Bertz CT molecular complexity index is 240. The highest BCUT2D eigenvalue weighted by atomic mass is 17.2. The lowest BCUT2D eigenvalue weighted by Crippen LogP contribution is -2.36. The molecule has 0 spiro atoms. The van der Waals surface area contributed by atoms with Crippen LogP contribution in [0.2, 0.25) is 0 Å². The molecule has 0 N–H and O–H groups in total. The van der Waals surface area contributed by atoms with Gasteiger partial charge >= 0.3 is 6.16 Å². The summed E-state index contributed by atoms with van der Waals surface area (Å²) in [4.78, 5) is 20.5. The van der Waals surface area contributed by atoms with Crippen LogP contribution in [-0.2, 0) is 14.5 Å². The third-order valence-electron chi connectivity index (χ3n) is 3.45. The van der Waals surface area contributed by atoms with Crippen LogP contribution < -0.4 is 0 Å². The number of carbonyl (C=O) groups excluding carboxylic acids is 1. The SMILES string of the molecule is CCOOC(=O)OC1CC(C)CCC1C(C)C. The summed E-state index contributed by atoms with van der Waals surface area (Å²) in [7, 11) is 0. The average Bonchev–Trinajstić information content (AvgIpc) is 2.26. The van der Waals surface area contributed by atoms with Crippen LogP contribution in [0.15, 0.2) is 0 Å². The molecule has 1 aliphatic carbocycles. The van der Waals surface area contributed by atoms with Crippen LogP contribution >= 0.6 is 0 Å². The van der Waals surface area contributed by atoms with E-state index in [2.05, 4.69) is 30.5 Å². The average molecular weight is 244 g/mol. The van der Waals surface area contributed by atoms with Crippen molar-refractivity contribution >= 4 is 6.16 Å². The molecule has 0 amide bonds. The number of ether oxygens (including phenoxy) is 1. The minimum absolute atomic E-state index is 0.0355. The molecular formula is C13H24O4. The van der Waals surface area contributed by atoms with E-state index in [1.54, 1.807) is 6.92 Å². The Balaban J connectivity index is 2.48. The van der Waals surface area contributed by atoms with Crippen molar-refractivity contribution in [3.63, 3.8) is 0 Å². The van der Waals surface area contributed by atoms with Gasteiger partial charge in [-0.2, -0.15) is 4.89 Å². The largest absolute Gasteiger partial charge is 0.540 e. The highest BCUT2D eigenvalue weighted by Crippen LogP contribution is 2.35. The van der Waals surface area contributed by atoms with Crippen molar-refractivity contribution in [1.29, 1.82) is 0 Å². The van der Waals surface area contributed by atoms with Gasteiger partial charge in [0.15, 0.2) is 0 Å². The molecule has 3 atom stereocenters. The standard InChI is InChI=1S/C13H24O4/c1-5-15-17-13(14)16-12-8-10(4)6-7-11(12)9(2)3/h9-12H,5-8H2,1-4H3. The van der Waals surface area contributed by atoms with Gasteiger partial charge in [0.2, 0.25) is 0 Å². The van der Waals surface area contributed by atoms with Gasteiger partial charge in [-0.1, -0.05) is 27.2 Å². The monoisotopic (exact) mass is 244 g/mol. The third-order valence-corrected chi connectivity index (χ3v) is 3.45. The molecule has 1 fully saturated rings. The van der Waals surface area contributed by atoms with Crippen molar-refractivity contribution in [3.05, 3.63) is 0 Å². The van der Waals surface area contributed by atoms with Crippen LogP contribution in [0.3, 0.4) is 0 Å². The third kappa shape index (κ3) is 4.54. The van der Waals surface area contributed by atoms with E-state index in [0.29, 0.717) is 24.4 Å². The maximum absolute atomic E-state index is 11.4. The zero-order valence-corrected chi connectivity index (χ0v) is 11.3. The maximum Gasteiger partial charge on any atom is 0.540 e. The molecule has 4 nitrogen and oxygen atoms in total. The normalized spacial score (nSPS) is 29.1. The van der Waals surface area contributed by atoms with Gasteiger partial charge in [-0.15, -0.1) is 0 Å². The Morgan fingerprint density at radius 3 is 2.65 bits per heavy atom. The van der Waals surface area contributed by atoms with Crippen LogP contribution in [-0.4, -0.2) is 18.9 Å². The molecule has 0 aliphatic heterocycles. The Morgan fingerprint density at radius 2 is 2.06 bits per heavy atom. The van der Waals surface area contributed by atoms with Crippen molar-refractivity contribution in [2.45, 2.75) is 53.1 Å². The summed E-state index contributed by atoms with van der Waals surface area (Å²) < 4.78 is 5.35. The zero-order chi connectivity index (χ0) is 12.8. The topological polar surface area (TPSA) is 44.8 Å². The second-order valence-corrected chi connectivity index (χ2v) is 5.22. The first kappa shape index (κ1) is 14.3. The van der Waals surface area contributed by atoms with E-state index in [0.717, 1.165) is 12.8 Å². The van der Waals surface area contributed by atoms with Crippen LogP contribution in [0.1, 0.15) is 47.0 Å². The number of hydrogen-bond donors (Lipinski definition) is 0. The van der Waals surface area contributed by atoms with E-state index in [-0.39, 0.29) is 6.10 Å². The number of carbonyl (C=O) groups is 1. The van der Waals surface area contributed by atoms with Gasteiger partial charge in [-0.3, -0.25) is 4.89 Å². The first-order valence-corrected chi connectivity index (χ1v) is 6.54. The van der Waals surface area contributed by atoms with Gasteiger partial charge in [0, 0.05) is 0 Å². The van der Waals surface area contributed by atoms with Crippen molar-refractivity contribution < 1.29 is 19.3 Å². The molecule has 0 aromatic carbocycles. The van der Waals surface area contributed by atoms with Crippen molar-refractivity contribution in [2.24, 2.45) is 17.8 Å². The van der Waals surface area contributed by atoms with Gasteiger partial charge in [-0.25, -0.2) is 4.79 Å². The van der Waals surface area contributed by atoms with E-state index < -0.39 is 6.16 Å². The van der Waals surface area contributed by atoms with Crippen LogP contribution in [0.25, 0.3) is 0 Å². The summed E-state index contributed by atoms with van der Waals surface area (Å²) >= 11 is 0. The van der Waals surface area contributed by atoms with Crippen LogP contribution in [0.4, 0.5) is 4.79 Å². The molecule has 0 aromatic rings. The predicted octanol–water partition coefficient (Wildman–Crippen LogP) is 3.55. The first-order chi connectivity index (χ1) is 8.04. The summed E-state index contributed by atoms with van der Waals surface area (Å²) in [6, 6.07) is 0. The fourth-order valence-electron chi connectivity index (χ4n) is 2.50. The van der Waals surface area contributed by atoms with Gasteiger partial charge in [0.1, 0.15) is 6.10 Å². The van der Waals surface area contributed by atoms with Crippen LogP contribution in [0.5, 0.6) is 0 Å². The number of rotatable bonds is 4. The molecule has 0 heterocycles. The van der Waals surface area contributed by atoms with E-state index in [1.165, 1.54) is 6.42 Å². The lowest BCUT2D eigenvalue weighted by Gasteiger charge is -2.36. The fraction of sp³-hybridized carbons (Fsp3) is 0.923. The summed E-state index contributed by atoms with van der Waals surface area (Å²) in [5.41, 5.74) is 0. The summed E-state index contributed by atoms with van der Waals surface area (Å²) in [5, 5.41) is 0. The molecular weight excluding hydrogens is 220 g/mol. The molecule has 0 bridgehead atoms. The molecule has 0 saturated heterocycles. The lowest BCUT2D eigenvalue weighted by molar-refractivity contribution is -0.256. The summed E-state index contributed by atoms with van der Waals surface area (Å²) in [5.74, 6) is 1.56. The van der Waals surface area contributed by atoms with Gasteiger partial charge in [-0.05, 0) is 37.5 Å². The van der Waals surface area contributed by atoms with Crippen molar-refractivity contribution in [3.8, 4) is 0 Å². The van der Waals surface area contributed by atoms with Gasteiger partial charge in [0.05, 0.1) is 6.61 Å². The molecule has 0 radical (unpaired) electrons. The second kappa shape index (κ2) is 6.84. The molecule has 1 saturated carbocycles. The molecule has 100 valence electrons. The van der Waals surface area contributed by atoms with Gasteiger partial charge < -0.3 is 4.74 Å². The second-order valence-electron chi connectivity index (χ2n) is 5.22. The Morgan fingerprint density at radius 1 is 1.35 bits per heavy atom. The molecule has 1 aliphatic rings. The minimum atomic E-state index is -0.711. The van der Waals surface area contributed by atoms with E-state index in [1.807, 2.05) is 0 Å². The smallest absolute Gasteiger partial charge is 0.429 e. The summed E-state index contributed by atoms with van der Waals surface area (Å²) in [6.07, 6.45) is 2.50. The zero-order valence-electron chi connectivity index (χ0n) is 11.3. The van der Waals surface area contributed by atoms with Crippen LogP contribution in [0, 0.1) is 17.8 Å². The Labute approximate surface area is 104 Å². The predicted molar refractivity (Wildman–Crippen MR) is 64.3 cm³/mol. The molecule has 17 heavy (non-hydrogen) atoms. The van der Waals surface area contributed by atoms with Gasteiger partial charge in [0.25, 0.3) is 0 Å². The van der Waals surface area contributed by atoms with Crippen molar-refractivity contribution in [1.82, 2.24) is 0 Å². The molecule has 3 unspecified atom stereocenters.